The van der Waals surface area contributed by atoms with E-state index in [9.17, 15) is 19.8 Å². The van der Waals surface area contributed by atoms with Crippen LogP contribution in [0.3, 0.4) is 0 Å². The standard InChI is InChI=1S/C37H39N5O5S/c1-23(36(45)46)41-34(43)29(42-35(44)30-15-16-31(48-30)37(2,3)4)18-24-10-12-26(13-11-24)33-39-20-28(21-40-33)27-14-17-32(38-19-27)47-22-25-8-6-5-7-9-25/h5-17,19-21,23,29,36,45-46H,18,22H2,1-4H3,(H,41,43)(H,42,44)/t23-,29+/m1/s1. The molecule has 0 aliphatic rings. The SMILES string of the molecule is C[C@@H](NC(=O)[C@H](Cc1ccc(-c2ncc(-c3ccc(OCc4ccccc4)nc3)cn2)cc1)NC(=O)c1ccc(C(C)(C)C)s1)C(O)O. The van der Waals surface area contributed by atoms with E-state index in [2.05, 4.69) is 46.4 Å². The molecule has 0 saturated carbocycles. The first-order valence-corrected chi connectivity index (χ1v) is 16.4. The largest absolute Gasteiger partial charge is 0.473 e. The molecule has 3 heterocycles. The summed E-state index contributed by atoms with van der Waals surface area (Å²) in [5.41, 5.74) is 4.19. The van der Waals surface area contributed by atoms with E-state index >= 15 is 0 Å². The molecular weight excluding hydrogens is 627 g/mol. The Balaban J connectivity index is 1.24. The summed E-state index contributed by atoms with van der Waals surface area (Å²) in [5.74, 6) is 0.162. The first-order chi connectivity index (χ1) is 23.0. The van der Waals surface area contributed by atoms with Gasteiger partial charge in [0.15, 0.2) is 12.1 Å². The van der Waals surface area contributed by atoms with Crippen LogP contribution in [0.4, 0.5) is 0 Å². The predicted octanol–water partition coefficient (Wildman–Crippen LogP) is 5.30. The van der Waals surface area contributed by atoms with E-state index in [-0.39, 0.29) is 17.7 Å². The molecule has 248 valence electrons. The zero-order valence-electron chi connectivity index (χ0n) is 27.3. The van der Waals surface area contributed by atoms with Crippen LogP contribution in [0.2, 0.25) is 0 Å². The topological polar surface area (TPSA) is 147 Å². The van der Waals surface area contributed by atoms with E-state index < -0.39 is 24.3 Å². The van der Waals surface area contributed by atoms with Gasteiger partial charge in [-0.1, -0.05) is 75.4 Å². The van der Waals surface area contributed by atoms with Crippen LogP contribution in [-0.4, -0.2) is 55.4 Å². The van der Waals surface area contributed by atoms with Gasteiger partial charge in [0.05, 0.1) is 10.9 Å². The Bertz CT molecular complexity index is 1800. The summed E-state index contributed by atoms with van der Waals surface area (Å²) >= 11 is 1.38. The van der Waals surface area contributed by atoms with E-state index in [1.54, 1.807) is 24.7 Å². The summed E-state index contributed by atoms with van der Waals surface area (Å²) in [6.07, 6.45) is 3.64. The van der Waals surface area contributed by atoms with Crippen LogP contribution in [0.25, 0.3) is 22.5 Å². The highest BCUT2D eigenvalue weighted by atomic mass is 32.1. The molecule has 0 spiro atoms. The molecule has 0 aliphatic carbocycles. The quantitative estimate of drug-likeness (QED) is 0.131. The van der Waals surface area contributed by atoms with Crippen molar-refractivity contribution < 1.29 is 24.5 Å². The number of aliphatic hydroxyl groups excluding tert-OH is 1. The lowest BCUT2D eigenvalue weighted by molar-refractivity contribution is -0.128. The van der Waals surface area contributed by atoms with Gasteiger partial charge in [-0.25, -0.2) is 15.0 Å². The minimum Gasteiger partial charge on any atom is -0.473 e. The molecule has 0 radical (unpaired) electrons. The third-order valence-corrected chi connectivity index (χ3v) is 9.12. The van der Waals surface area contributed by atoms with E-state index in [4.69, 9.17) is 4.74 Å². The maximum absolute atomic E-state index is 13.2. The van der Waals surface area contributed by atoms with Crippen molar-refractivity contribution in [3.8, 4) is 28.4 Å². The molecule has 0 aliphatic heterocycles. The molecule has 5 rings (SSSR count). The maximum Gasteiger partial charge on any atom is 0.262 e. The number of carbonyl (C=O) groups is 2. The number of aliphatic hydroxyl groups is 2. The first-order valence-electron chi connectivity index (χ1n) is 15.6. The first kappa shape index (κ1) is 34.4. The number of ether oxygens (including phenoxy) is 1. The molecule has 3 aromatic heterocycles. The van der Waals surface area contributed by atoms with E-state index in [0.717, 1.165) is 32.7 Å². The lowest BCUT2D eigenvalue weighted by Crippen LogP contribution is -2.52. The smallest absolute Gasteiger partial charge is 0.262 e. The molecule has 4 N–H and O–H groups in total. The number of nitrogens with zero attached hydrogens (tertiary/aromatic N) is 3. The minimum absolute atomic E-state index is 0.112. The molecule has 0 fully saturated rings. The number of benzene rings is 2. The van der Waals surface area contributed by atoms with Crippen LogP contribution in [-0.2, 0) is 23.2 Å². The number of thiophene rings is 1. The maximum atomic E-state index is 13.2. The van der Waals surface area contributed by atoms with Crippen LogP contribution in [0.15, 0.2) is 97.5 Å². The predicted molar refractivity (Wildman–Crippen MR) is 185 cm³/mol. The highest BCUT2D eigenvalue weighted by Gasteiger charge is 2.26. The summed E-state index contributed by atoms with van der Waals surface area (Å²) in [6.45, 7) is 8.13. The van der Waals surface area contributed by atoms with Gasteiger partial charge < -0.3 is 25.6 Å². The Hall–Kier alpha value is -4.97. The number of pyridine rings is 1. The van der Waals surface area contributed by atoms with Crippen LogP contribution in [0, 0.1) is 0 Å². The van der Waals surface area contributed by atoms with E-state index in [1.807, 2.05) is 72.8 Å². The molecule has 0 unspecified atom stereocenters. The number of aromatic nitrogens is 3. The van der Waals surface area contributed by atoms with Gasteiger partial charge in [0, 0.05) is 52.6 Å². The second-order valence-corrected chi connectivity index (χ2v) is 13.6. The molecule has 2 aromatic carbocycles. The summed E-state index contributed by atoms with van der Waals surface area (Å²) in [7, 11) is 0. The zero-order valence-corrected chi connectivity index (χ0v) is 28.1. The lowest BCUT2D eigenvalue weighted by Gasteiger charge is -2.22. The second kappa shape index (κ2) is 15.3. The van der Waals surface area contributed by atoms with Gasteiger partial charge in [-0.3, -0.25) is 9.59 Å². The van der Waals surface area contributed by atoms with Crippen molar-refractivity contribution in [1.82, 2.24) is 25.6 Å². The van der Waals surface area contributed by atoms with E-state index in [0.29, 0.717) is 23.2 Å². The van der Waals surface area contributed by atoms with Crippen molar-refractivity contribution in [3.63, 3.8) is 0 Å². The molecule has 0 bridgehead atoms. The molecule has 48 heavy (non-hydrogen) atoms. The highest BCUT2D eigenvalue weighted by Crippen LogP contribution is 2.29. The van der Waals surface area contributed by atoms with Crippen molar-refractivity contribution in [2.75, 3.05) is 0 Å². The Morgan fingerprint density at radius 1 is 0.792 bits per heavy atom. The van der Waals surface area contributed by atoms with E-state index in [1.165, 1.54) is 18.3 Å². The van der Waals surface area contributed by atoms with Crippen LogP contribution < -0.4 is 15.4 Å². The second-order valence-electron chi connectivity index (χ2n) is 12.5. The Morgan fingerprint density at radius 2 is 1.46 bits per heavy atom. The van der Waals surface area contributed by atoms with Gasteiger partial charge >= 0.3 is 0 Å². The summed E-state index contributed by atoms with van der Waals surface area (Å²) in [4.78, 5) is 41.4. The van der Waals surface area contributed by atoms with Gasteiger partial charge in [0.1, 0.15) is 12.6 Å². The highest BCUT2D eigenvalue weighted by molar-refractivity contribution is 7.14. The average molecular weight is 666 g/mol. The fraction of sp³-hybridized carbons (Fsp3) is 0.270. The molecule has 5 aromatic rings. The fourth-order valence-corrected chi connectivity index (χ4v) is 5.69. The van der Waals surface area contributed by atoms with Gasteiger partial charge in [-0.2, -0.15) is 0 Å². The molecule has 2 amide bonds. The lowest BCUT2D eigenvalue weighted by atomic mass is 9.95. The third-order valence-electron chi connectivity index (χ3n) is 7.61. The van der Waals surface area contributed by atoms with Gasteiger partial charge in [-0.15, -0.1) is 11.3 Å². The Morgan fingerprint density at radius 3 is 2.06 bits per heavy atom. The van der Waals surface area contributed by atoms with Gasteiger partial charge in [0.2, 0.25) is 11.8 Å². The van der Waals surface area contributed by atoms with Crippen molar-refractivity contribution in [3.05, 3.63) is 118 Å². The van der Waals surface area contributed by atoms with Gasteiger partial charge in [-0.05, 0) is 41.7 Å². The van der Waals surface area contributed by atoms with Crippen molar-refractivity contribution in [2.45, 2.75) is 64.5 Å². The molecule has 0 saturated heterocycles. The third kappa shape index (κ3) is 9.09. The number of amides is 2. The Labute approximate surface area is 283 Å². The number of carbonyl (C=O) groups excluding carboxylic acids is 2. The normalized spacial score (nSPS) is 12.7. The molecular formula is C37H39N5O5S. The van der Waals surface area contributed by atoms with Crippen LogP contribution in [0.5, 0.6) is 5.88 Å². The molecule has 2 atom stereocenters. The van der Waals surface area contributed by atoms with Gasteiger partial charge in [0.25, 0.3) is 5.91 Å². The number of hydrogen-bond acceptors (Lipinski definition) is 9. The van der Waals surface area contributed by atoms with Crippen molar-refractivity contribution in [1.29, 1.82) is 0 Å². The molecule has 11 heteroatoms. The average Bonchev–Trinajstić information content (AvgIpc) is 3.60. The fourth-order valence-electron chi connectivity index (χ4n) is 4.72. The number of rotatable bonds is 12. The molecule has 10 nitrogen and oxygen atoms in total. The number of hydrogen-bond donors (Lipinski definition) is 4. The van der Waals surface area contributed by atoms with Crippen LogP contribution >= 0.6 is 11.3 Å². The Kier molecular flexibility index (Phi) is 10.9. The van der Waals surface area contributed by atoms with Crippen molar-refractivity contribution >= 4 is 23.2 Å². The minimum atomic E-state index is -1.74. The number of nitrogens with one attached hydrogen (secondary N) is 2. The van der Waals surface area contributed by atoms with Crippen LogP contribution in [0.1, 0.15) is 53.4 Å². The summed E-state index contributed by atoms with van der Waals surface area (Å²) in [6, 6.07) is 22.8. The van der Waals surface area contributed by atoms with Crippen molar-refractivity contribution in [2.24, 2.45) is 0 Å². The zero-order chi connectivity index (χ0) is 34.3. The summed E-state index contributed by atoms with van der Waals surface area (Å²) in [5, 5.41) is 24.4. The monoisotopic (exact) mass is 665 g/mol. The summed E-state index contributed by atoms with van der Waals surface area (Å²) < 4.78 is 5.78.